The zero-order valence-electron chi connectivity index (χ0n) is 12.1. The van der Waals surface area contributed by atoms with Gasteiger partial charge >= 0.3 is 5.97 Å². The highest BCUT2D eigenvalue weighted by molar-refractivity contribution is 6.00. The summed E-state index contributed by atoms with van der Waals surface area (Å²) < 4.78 is 10.1. The number of hydrogen-bond acceptors (Lipinski definition) is 5. The molecule has 0 radical (unpaired) electrons. The molecule has 20 heavy (non-hydrogen) atoms. The van der Waals surface area contributed by atoms with Crippen LogP contribution in [0.1, 0.15) is 31.1 Å². The number of esters is 1. The lowest BCUT2D eigenvalue weighted by Gasteiger charge is -2.19. The molecule has 0 bridgehead atoms. The van der Waals surface area contributed by atoms with E-state index in [1.807, 2.05) is 0 Å². The molecule has 1 aromatic rings. The van der Waals surface area contributed by atoms with E-state index in [0.29, 0.717) is 17.0 Å². The number of ether oxygens (including phenoxy) is 2. The molecule has 1 amide bonds. The third-order valence-electron chi connectivity index (χ3n) is 2.54. The summed E-state index contributed by atoms with van der Waals surface area (Å²) in [6, 6.07) is 4.66. The lowest BCUT2D eigenvalue weighted by atomic mass is 10.1. The number of nitrogens with one attached hydrogen (secondary N) is 1. The molecule has 0 aliphatic heterocycles. The van der Waals surface area contributed by atoms with Crippen molar-refractivity contribution in [2.24, 2.45) is 5.73 Å². The van der Waals surface area contributed by atoms with Crippen LogP contribution in [-0.2, 0) is 9.53 Å². The van der Waals surface area contributed by atoms with E-state index in [1.54, 1.807) is 32.9 Å². The number of rotatable bonds is 5. The zero-order valence-corrected chi connectivity index (χ0v) is 12.1. The Balaban J connectivity index is 3.06. The fraction of sp³-hybridized carbons (Fsp3) is 0.429. The molecule has 0 saturated heterocycles. The minimum absolute atomic E-state index is 0.280. The summed E-state index contributed by atoms with van der Waals surface area (Å²) in [6.45, 7) is 5.18. The van der Waals surface area contributed by atoms with Crippen LogP contribution in [0.15, 0.2) is 18.2 Å². The Morgan fingerprint density at radius 3 is 2.50 bits per heavy atom. The van der Waals surface area contributed by atoms with E-state index in [2.05, 4.69) is 5.32 Å². The van der Waals surface area contributed by atoms with Crippen LogP contribution in [0, 0.1) is 0 Å². The van der Waals surface area contributed by atoms with E-state index >= 15 is 0 Å². The Bertz CT molecular complexity index is 506. The van der Waals surface area contributed by atoms with Gasteiger partial charge in [-0.05, 0) is 39.0 Å². The summed E-state index contributed by atoms with van der Waals surface area (Å²) in [5.74, 6) is -0.398. The van der Waals surface area contributed by atoms with Crippen molar-refractivity contribution in [2.45, 2.75) is 26.3 Å². The third-order valence-corrected chi connectivity index (χ3v) is 2.54. The first kappa shape index (κ1) is 16.0. The van der Waals surface area contributed by atoms with E-state index in [4.69, 9.17) is 15.2 Å². The number of anilines is 1. The lowest BCUT2D eigenvalue weighted by Crippen LogP contribution is -2.45. The van der Waals surface area contributed by atoms with E-state index in [1.165, 1.54) is 13.2 Å². The van der Waals surface area contributed by atoms with Crippen LogP contribution in [0.2, 0.25) is 0 Å². The maximum Gasteiger partial charge on any atom is 0.338 e. The standard InChI is InChI=1S/C14H20N2O4/c1-5-20-12(17)9-6-7-11(19-4)10(8-9)16-13(18)14(2,3)15/h6-8H,5,15H2,1-4H3,(H,16,18). The first-order valence-corrected chi connectivity index (χ1v) is 6.25. The second-order valence-corrected chi connectivity index (χ2v) is 4.81. The molecule has 0 atom stereocenters. The summed E-state index contributed by atoms with van der Waals surface area (Å²) in [4.78, 5) is 23.6. The second kappa shape index (κ2) is 6.38. The molecule has 0 heterocycles. The normalized spacial score (nSPS) is 10.8. The van der Waals surface area contributed by atoms with Crippen LogP contribution in [0.5, 0.6) is 5.75 Å². The fourth-order valence-corrected chi connectivity index (χ4v) is 1.43. The summed E-state index contributed by atoms with van der Waals surface area (Å²) in [5, 5.41) is 2.64. The van der Waals surface area contributed by atoms with Gasteiger partial charge in [0.2, 0.25) is 5.91 Å². The highest BCUT2D eigenvalue weighted by atomic mass is 16.5. The highest BCUT2D eigenvalue weighted by Gasteiger charge is 2.23. The van der Waals surface area contributed by atoms with Gasteiger partial charge in [0.25, 0.3) is 0 Å². The molecule has 6 heteroatoms. The van der Waals surface area contributed by atoms with Gasteiger partial charge in [-0.3, -0.25) is 4.79 Å². The van der Waals surface area contributed by atoms with Gasteiger partial charge in [-0.25, -0.2) is 4.79 Å². The average Bonchev–Trinajstić information content (AvgIpc) is 2.37. The molecule has 0 unspecified atom stereocenters. The summed E-state index contributed by atoms with van der Waals surface area (Å²) in [5.41, 5.74) is 5.39. The number of methoxy groups -OCH3 is 1. The van der Waals surface area contributed by atoms with Gasteiger partial charge in [0, 0.05) is 0 Å². The lowest BCUT2D eigenvalue weighted by molar-refractivity contribution is -0.120. The number of carbonyl (C=O) groups is 2. The van der Waals surface area contributed by atoms with Crippen LogP contribution >= 0.6 is 0 Å². The molecule has 110 valence electrons. The van der Waals surface area contributed by atoms with Crippen molar-refractivity contribution < 1.29 is 19.1 Å². The Morgan fingerprint density at radius 1 is 1.35 bits per heavy atom. The summed E-state index contributed by atoms with van der Waals surface area (Å²) in [7, 11) is 1.47. The molecule has 0 saturated carbocycles. The van der Waals surface area contributed by atoms with Crippen molar-refractivity contribution in [3.8, 4) is 5.75 Å². The van der Waals surface area contributed by atoms with Crippen LogP contribution in [0.25, 0.3) is 0 Å². The van der Waals surface area contributed by atoms with Crippen molar-refractivity contribution >= 4 is 17.6 Å². The molecule has 0 spiro atoms. The van der Waals surface area contributed by atoms with Crippen LogP contribution in [0.4, 0.5) is 5.69 Å². The van der Waals surface area contributed by atoms with Crippen molar-refractivity contribution in [3.63, 3.8) is 0 Å². The average molecular weight is 280 g/mol. The topological polar surface area (TPSA) is 90.6 Å². The molecule has 0 aromatic heterocycles. The largest absolute Gasteiger partial charge is 0.495 e. The van der Waals surface area contributed by atoms with E-state index in [0.717, 1.165) is 0 Å². The second-order valence-electron chi connectivity index (χ2n) is 4.81. The van der Waals surface area contributed by atoms with Crippen LogP contribution < -0.4 is 15.8 Å². The molecule has 0 aliphatic carbocycles. The van der Waals surface area contributed by atoms with Gasteiger partial charge in [-0.15, -0.1) is 0 Å². The van der Waals surface area contributed by atoms with Gasteiger partial charge in [0.15, 0.2) is 0 Å². The summed E-state index contributed by atoms with van der Waals surface area (Å²) >= 11 is 0. The molecule has 0 fully saturated rings. The Labute approximate surface area is 118 Å². The SMILES string of the molecule is CCOC(=O)c1ccc(OC)c(NC(=O)C(C)(C)N)c1. The highest BCUT2D eigenvalue weighted by Crippen LogP contribution is 2.26. The number of carbonyl (C=O) groups excluding carboxylic acids is 2. The maximum absolute atomic E-state index is 11.9. The molecule has 1 aromatic carbocycles. The Hall–Kier alpha value is -2.08. The van der Waals surface area contributed by atoms with E-state index in [9.17, 15) is 9.59 Å². The number of amides is 1. The predicted octanol–water partition coefficient (Wildman–Crippen LogP) is 1.55. The smallest absolute Gasteiger partial charge is 0.338 e. The fourth-order valence-electron chi connectivity index (χ4n) is 1.43. The van der Waals surface area contributed by atoms with Crippen molar-refractivity contribution in [2.75, 3.05) is 19.0 Å². The molecular formula is C14H20N2O4. The Morgan fingerprint density at radius 2 is 2.00 bits per heavy atom. The first-order valence-electron chi connectivity index (χ1n) is 6.25. The zero-order chi connectivity index (χ0) is 15.3. The molecule has 1 rings (SSSR count). The van der Waals surface area contributed by atoms with E-state index < -0.39 is 11.5 Å². The minimum atomic E-state index is -1.04. The van der Waals surface area contributed by atoms with Crippen molar-refractivity contribution in [1.82, 2.24) is 0 Å². The summed E-state index contributed by atoms with van der Waals surface area (Å²) in [6.07, 6.45) is 0. The van der Waals surface area contributed by atoms with Gasteiger partial charge in [-0.2, -0.15) is 0 Å². The Kier molecular flexibility index (Phi) is 5.10. The first-order chi connectivity index (χ1) is 9.29. The third kappa shape index (κ3) is 3.96. The molecule has 0 aliphatic rings. The number of hydrogen-bond donors (Lipinski definition) is 2. The molecule has 6 nitrogen and oxygen atoms in total. The molecular weight excluding hydrogens is 260 g/mol. The number of nitrogens with two attached hydrogens (primary N) is 1. The quantitative estimate of drug-likeness (QED) is 0.798. The van der Waals surface area contributed by atoms with Gasteiger partial charge < -0.3 is 20.5 Å². The van der Waals surface area contributed by atoms with Gasteiger partial charge in [0.1, 0.15) is 5.75 Å². The van der Waals surface area contributed by atoms with E-state index in [-0.39, 0.29) is 12.5 Å². The number of benzene rings is 1. The molecule has 3 N–H and O–H groups in total. The van der Waals surface area contributed by atoms with Crippen molar-refractivity contribution in [1.29, 1.82) is 0 Å². The van der Waals surface area contributed by atoms with Gasteiger partial charge in [0.05, 0.1) is 30.5 Å². The predicted molar refractivity (Wildman–Crippen MR) is 75.8 cm³/mol. The maximum atomic E-state index is 11.9. The van der Waals surface area contributed by atoms with Crippen molar-refractivity contribution in [3.05, 3.63) is 23.8 Å². The minimum Gasteiger partial charge on any atom is -0.495 e. The van der Waals surface area contributed by atoms with Crippen LogP contribution in [-0.4, -0.2) is 31.1 Å². The monoisotopic (exact) mass is 280 g/mol. The van der Waals surface area contributed by atoms with Gasteiger partial charge in [-0.1, -0.05) is 0 Å². The van der Waals surface area contributed by atoms with Crippen LogP contribution in [0.3, 0.4) is 0 Å².